The maximum Gasteiger partial charge on any atom is 0.240 e. The van der Waals surface area contributed by atoms with Gasteiger partial charge >= 0.3 is 0 Å². The summed E-state index contributed by atoms with van der Waals surface area (Å²) in [5, 5.41) is 0. The van der Waals surface area contributed by atoms with E-state index in [0.29, 0.717) is 11.4 Å². The maximum absolute atomic E-state index is 12.4. The Balaban J connectivity index is 0.00000280. The lowest BCUT2D eigenvalue weighted by molar-refractivity contribution is 0.248. The summed E-state index contributed by atoms with van der Waals surface area (Å²) in [4.78, 5) is 2.89. The molecule has 0 saturated heterocycles. The highest BCUT2D eigenvalue weighted by Gasteiger charge is 2.16. The number of aryl methyl sites for hydroxylation is 2. The first-order valence-corrected chi connectivity index (χ1v) is 11.3. The van der Waals surface area contributed by atoms with Crippen LogP contribution in [0, 0.1) is 13.8 Å². The van der Waals surface area contributed by atoms with E-state index in [2.05, 4.69) is 33.9 Å². The summed E-state index contributed by atoms with van der Waals surface area (Å²) in [5.41, 5.74) is 4.80. The van der Waals surface area contributed by atoms with Crippen molar-refractivity contribution in [2.24, 2.45) is 0 Å². The van der Waals surface area contributed by atoms with Gasteiger partial charge in [-0.05, 0) is 62.4 Å². The lowest BCUT2D eigenvalue weighted by Crippen LogP contribution is -2.31. The number of halogens is 1. The smallest absolute Gasteiger partial charge is 0.240 e. The molecule has 1 aliphatic rings. The number of nitrogens with one attached hydrogen (secondary N) is 1. The Morgan fingerprint density at radius 2 is 1.75 bits per heavy atom. The summed E-state index contributed by atoms with van der Waals surface area (Å²) in [6.07, 6.45) is 4.14. The van der Waals surface area contributed by atoms with Crippen LogP contribution in [0.15, 0.2) is 47.4 Å². The predicted octanol–water partition coefficient (Wildman–Crippen LogP) is 4.23. The van der Waals surface area contributed by atoms with Crippen LogP contribution in [-0.4, -0.2) is 33.0 Å². The van der Waals surface area contributed by atoms with Crippen molar-refractivity contribution >= 4 is 22.4 Å². The molecule has 0 atom stereocenters. The minimum Gasteiger partial charge on any atom is -0.299 e. The number of fused-ring (bicyclic) bond motifs is 1. The lowest BCUT2D eigenvalue weighted by Gasteiger charge is -2.28. The number of sulfonamides is 1. The molecule has 0 radical (unpaired) electrons. The van der Waals surface area contributed by atoms with Gasteiger partial charge in [0.05, 0.1) is 4.90 Å². The fraction of sp³-hybridized carbons (Fsp3) is 0.455. The molecule has 0 unspecified atom stereocenters. The van der Waals surface area contributed by atoms with E-state index in [4.69, 9.17) is 0 Å². The first kappa shape index (κ1) is 22.9. The Morgan fingerprint density at radius 3 is 2.50 bits per heavy atom. The van der Waals surface area contributed by atoms with Crippen LogP contribution < -0.4 is 4.72 Å². The van der Waals surface area contributed by atoms with Crippen molar-refractivity contribution < 1.29 is 8.42 Å². The van der Waals surface area contributed by atoms with Gasteiger partial charge in [0.25, 0.3) is 0 Å². The average Bonchev–Trinajstić information content (AvgIpc) is 2.64. The van der Waals surface area contributed by atoms with E-state index in [0.717, 1.165) is 56.4 Å². The highest BCUT2D eigenvalue weighted by Crippen LogP contribution is 2.19. The van der Waals surface area contributed by atoms with Gasteiger partial charge in [0.15, 0.2) is 0 Å². The molecule has 4 nitrogen and oxygen atoms in total. The molecule has 1 heterocycles. The molecule has 0 aromatic heterocycles. The van der Waals surface area contributed by atoms with Gasteiger partial charge in [-0.3, -0.25) is 4.90 Å². The quantitative estimate of drug-likeness (QED) is 0.647. The number of rotatable bonds is 8. The molecular weight excluding hydrogens is 392 g/mol. The van der Waals surface area contributed by atoms with Crippen molar-refractivity contribution in [3.8, 4) is 0 Å². The second kappa shape index (κ2) is 10.4. The largest absolute Gasteiger partial charge is 0.299 e. The molecule has 0 saturated carbocycles. The molecule has 2 aromatic rings. The second-order valence-corrected chi connectivity index (χ2v) is 9.26. The zero-order valence-corrected chi connectivity index (χ0v) is 18.4. The predicted molar refractivity (Wildman–Crippen MR) is 118 cm³/mol. The summed E-state index contributed by atoms with van der Waals surface area (Å²) >= 11 is 0. The molecule has 0 aliphatic carbocycles. The Bertz CT molecular complexity index is 884. The van der Waals surface area contributed by atoms with Crippen LogP contribution in [0.5, 0.6) is 0 Å². The topological polar surface area (TPSA) is 49.4 Å². The van der Waals surface area contributed by atoms with Gasteiger partial charge in [0.1, 0.15) is 0 Å². The van der Waals surface area contributed by atoms with Gasteiger partial charge < -0.3 is 0 Å². The van der Waals surface area contributed by atoms with Crippen molar-refractivity contribution in [3.63, 3.8) is 0 Å². The molecule has 154 valence electrons. The Labute approximate surface area is 175 Å². The van der Waals surface area contributed by atoms with Crippen molar-refractivity contribution in [2.45, 2.75) is 51.0 Å². The summed E-state index contributed by atoms with van der Waals surface area (Å²) in [5.74, 6) is 0. The third kappa shape index (κ3) is 6.05. The van der Waals surface area contributed by atoms with Crippen LogP contribution in [0.1, 0.15) is 41.5 Å². The number of nitrogens with zero attached hydrogens (tertiary/aromatic N) is 1. The van der Waals surface area contributed by atoms with E-state index >= 15 is 0 Å². The van der Waals surface area contributed by atoms with Crippen LogP contribution >= 0.6 is 12.4 Å². The molecule has 6 heteroatoms. The molecule has 0 fully saturated rings. The van der Waals surface area contributed by atoms with E-state index in [1.54, 1.807) is 6.07 Å². The summed E-state index contributed by atoms with van der Waals surface area (Å²) < 4.78 is 27.6. The highest BCUT2D eigenvalue weighted by molar-refractivity contribution is 7.89. The molecule has 0 bridgehead atoms. The van der Waals surface area contributed by atoms with E-state index in [1.165, 1.54) is 11.1 Å². The highest BCUT2D eigenvalue weighted by atomic mass is 35.5. The Morgan fingerprint density at radius 1 is 1.00 bits per heavy atom. The van der Waals surface area contributed by atoms with Gasteiger partial charge in [-0.25, -0.2) is 13.1 Å². The number of benzene rings is 2. The first-order valence-electron chi connectivity index (χ1n) is 9.82. The van der Waals surface area contributed by atoms with E-state index in [9.17, 15) is 8.42 Å². The van der Waals surface area contributed by atoms with Gasteiger partial charge in [0, 0.05) is 19.6 Å². The minimum absolute atomic E-state index is 0. The van der Waals surface area contributed by atoms with Gasteiger partial charge in [-0.15, -0.1) is 12.4 Å². The zero-order chi connectivity index (χ0) is 19.3. The molecule has 0 spiro atoms. The minimum atomic E-state index is -3.41. The number of unbranched alkanes of at least 4 members (excludes halogenated alkanes) is 2. The third-order valence-corrected chi connectivity index (χ3v) is 6.89. The third-order valence-electron chi connectivity index (χ3n) is 5.27. The van der Waals surface area contributed by atoms with Crippen LogP contribution in [0.4, 0.5) is 0 Å². The van der Waals surface area contributed by atoms with Crippen LogP contribution in [0.3, 0.4) is 0 Å². The molecule has 0 amide bonds. The molecule has 1 N–H and O–H groups in total. The molecule has 2 aromatic carbocycles. The zero-order valence-electron chi connectivity index (χ0n) is 16.8. The van der Waals surface area contributed by atoms with Crippen LogP contribution in [-0.2, 0) is 23.0 Å². The summed E-state index contributed by atoms with van der Waals surface area (Å²) in [6.45, 7) is 7.55. The van der Waals surface area contributed by atoms with Gasteiger partial charge in [-0.1, -0.05) is 48.4 Å². The Hall–Kier alpha value is -1.40. The molecule has 28 heavy (non-hydrogen) atoms. The summed E-state index contributed by atoms with van der Waals surface area (Å²) in [6, 6.07) is 14.1. The standard InChI is InChI=1S/C22H30N2O2S.ClH/c1-18-10-11-22(19(2)16-18)27(25,26)23-13-6-3-7-14-24-15-12-20-8-4-5-9-21(20)17-24;/h4-5,8-11,16,23H,3,6-7,12-15,17H2,1-2H3;1H. The molecular formula is C22H31ClN2O2S. The van der Waals surface area contributed by atoms with Gasteiger partial charge in [0.2, 0.25) is 10.0 Å². The van der Waals surface area contributed by atoms with Crippen molar-refractivity contribution in [1.82, 2.24) is 9.62 Å². The van der Waals surface area contributed by atoms with Crippen molar-refractivity contribution in [3.05, 3.63) is 64.7 Å². The van der Waals surface area contributed by atoms with E-state index < -0.39 is 10.0 Å². The number of hydrogen-bond acceptors (Lipinski definition) is 3. The second-order valence-electron chi connectivity index (χ2n) is 7.52. The average molecular weight is 423 g/mol. The normalized spacial score (nSPS) is 14.4. The van der Waals surface area contributed by atoms with Crippen molar-refractivity contribution in [2.75, 3.05) is 19.6 Å². The monoisotopic (exact) mass is 422 g/mol. The lowest BCUT2D eigenvalue weighted by atomic mass is 10.00. The molecule has 3 rings (SSSR count). The maximum atomic E-state index is 12.4. The fourth-order valence-corrected chi connectivity index (χ4v) is 5.07. The first-order chi connectivity index (χ1) is 13.0. The fourth-order valence-electron chi connectivity index (χ4n) is 3.77. The SMILES string of the molecule is Cc1ccc(S(=O)(=O)NCCCCCN2CCc3ccccc3C2)c(C)c1.Cl. The van der Waals surface area contributed by atoms with Crippen molar-refractivity contribution in [1.29, 1.82) is 0 Å². The van der Waals surface area contributed by atoms with Crippen LogP contribution in [0.25, 0.3) is 0 Å². The van der Waals surface area contributed by atoms with E-state index in [-0.39, 0.29) is 12.4 Å². The Kier molecular flexibility index (Phi) is 8.50. The van der Waals surface area contributed by atoms with Crippen LogP contribution in [0.2, 0.25) is 0 Å². The molecule has 1 aliphatic heterocycles. The van der Waals surface area contributed by atoms with E-state index in [1.807, 2.05) is 26.0 Å². The number of hydrogen-bond donors (Lipinski definition) is 1. The summed E-state index contributed by atoms with van der Waals surface area (Å²) in [7, 11) is -3.41. The van der Waals surface area contributed by atoms with Gasteiger partial charge in [-0.2, -0.15) is 0 Å².